The van der Waals surface area contributed by atoms with Crippen LogP contribution in [-0.2, 0) is 6.42 Å². The predicted molar refractivity (Wildman–Crippen MR) is 83.9 cm³/mol. The Bertz CT molecular complexity index is 590. The molecule has 2 aromatic rings. The van der Waals surface area contributed by atoms with Crippen LogP contribution in [0.2, 0.25) is 0 Å². The molecule has 1 heterocycles. The van der Waals surface area contributed by atoms with Crippen LogP contribution in [0.15, 0.2) is 18.2 Å². The van der Waals surface area contributed by atoms with E-state index < -0.39 is 0 Å². The monoisotopic (exact) mass is 291 g/mol. The highest BCUT2D eigenvalue weighted by molar-refractivity contribution is 7.12. The van der Waals surface area contributed by atoms with Crippen molar-refractivity contribution < 1.29 is 9.47 Å². The second-order valence-electron chi connectivity index (χ2n) is 5.17. The molecule has 0 radical (unpaired) electrons. The third-order valence-electron chi connectivity index (χ3n) is 3.05. The second kappa shape index (κ2) is 6.27. The number of ether oxygens (including phenoxy) is 2. The van der Waals surface area contributed by atoms with Gasteiger partial charge in [0.15, 0.2) is 11.5 Å². The van der Waals surface area contributed by atoms with E-state index in [1.54, 1.807) is 25.6 Å². The smallest absolute Gasteiger partial charge is 0.161 e. The highest BCUT2D eigenvalue weighted by Crippen LogP contribution is 2.35. The first kappa shape index (κ1) is 14.9. The molecular formula is C16H21NO2S. The summed E-state index contributed by atoms with van der Waals surface area (Å²) in [5.74, 6) is 2.11. The molecule has 0 aliphatic carbocycles. The molecule has 0 bridgehead atoms. The quantitative estimate of drug-likeness (QED) is 0.821. The number of aryl methyl sites for hydroxylation is 1. The number of thiazole rings is 1. The van der Waals surface area contributed by atoms with Crippen LogP contribution in [0.25, 0.3) is 11.3 Å². The molecule has 108 valence electrons. The van der Waals surface area contributed by atoms with Gasteiger partial charge in [0.2, 0.25) is 0 Å². The van der Waals surface area contributed by atoms with E-state index in [1.807, 2.05) is 18.2 Å². The number of nitrogens with zero attached hydrogens (tertiary/aromatic N) is 1. The van der Waals surface area contributed by atoms with Gasteiger partial charge in [0.1, 0.15) is 0 Å². The van der Waals surface area contributed by atoms with E-state index in [4.69, 9.17) is 9.47 Å². The molecule has 0 saturated heterocycles. The Morgan fingerprint density at radius 1 is 1.15 bits per heavy atom. The molecule has 20 heavy (non-hydrogen) atoms. The summed E-state index contributed by atoms with van der Waals surface area (Å²) >= 11 is 1.78. The van der Waals surface area contributed by atoms with Crippen molar-refractivity contribution in [1.82, 2.24) is 4.98 Å². The van der Waals surface area contributed by atoms with Gasteiger partial charge in [-0.05, 0) is 37.5 Å². The third-order valence-corrected chi connectivity index (χ3v) is 4.05. The maximum atomic E-state index is 5.38. The van der Waals surface area contributed by atoms with Crippen LogP contribution >= 0.6 is 11.3 Å². The van der Waals surface area contributed by atoms with E-state index in [-0.39, 0.29) is 0 Å². The van der Waals surface area contributed by atoms with E-state index in [1.165, 1.54) is 4.88 Å². The lowest BCUT2D eigenvalue weighted by atomic mass is 10.0. The number of aromatic nitrogens is 1. The number of hydrogen-bond acceptors (Lipinski definition) is 4. The molecule has 4 heteroatoms. The van der Waals surface area contributed by atoms with Crippen molar-refractivity contribution in [3.05, 3.63) is 28.1 Å². The summed E-state index contributed by atoms with van der Waals surface area (Å²) in [4.78, 5) is 6.02. The maximum Gasteiger partial charge on any atom is 0.161 e. The number of benzene rings is 1. The molecule has 1 aromatic heterocycles. The third kappa shape index (κ3) is 3.12. The summed E-state index contributed by atoms with van der Waals surface area (Å²) < 4.78 is 10.7. The van der Waals surface area contributed by atoms with E-state index >= 15 is 0 Å². The van der Waals surface area contributed by atoms with Crippen LogP contribution in [0, 0.1) is 12.8 Å². The summed E-state index contributed by atoms with van der Waals surface area (Å²) in [7, 11) is 3.30. The Kier molecular flexibility index (Phi) is 4.65. The van der Waals surface area contributed by atoms with Gasteiger partial charge in [0, 0.05) is 10.4 Å². The van der Waals surface area contributed by atoms with Crippen LogP contribution in [0.1, 0.15) is 23.7 Å². The lowest BCUT2D eigenvalue weighted by molar-refractivity contribution is 0.355. The van der Waals surface area contributed by atoms with Gasteiger partial charge in [-0.3, -0.25) is 0 Å². The molecule has 0 aliphatic heterocycles. The lowest BCUT2D eigenvalue weighted by Gasteiger charge is -2.10. The Morgan fingerprint density at radius 2 is 1.85 bits per heavy atom. The molecule has 0 N–H and O–H groups in total. The van der Waals surface area contributed by atoms with Gasteiger partial charge in [0.05, 0.1) is 24.9 Å². The number of rotatable bonds is 5. The minimum absolute atomic E-state index is 0.619. The van der Waals surface area contributed by atoms with Gasteiger partial charge in [-0.25, -0.2) is 4.98 Å². The summed E-state index contributed by atoms with van der Waals surface area (Å²) in [5.41, 5.74) is 2.16. The minimum Gasteiger partial charge on any atom is -0.493 e. The molecule has 3 nitrogen and oxygen atoms in total. The van der Waals surface area contributed by atoms with Gasteiger partial charge < -0.3 is 9.47 Å². The van der Waals surface area contributed by atoms with Crippen molar-refractivity contribution in [3.8, 4) is 22.8 Å². The standard InChI is InChI=1S/C16H21NO2S/c1-10(2)8-15-16(17-11(3)20-15)12-6-7-13(18-4)14(9-12)19-5/h6-7,9-10H,8H2,1-5H3. The lowest BCUT2D eigenvalue weighted by Crippen LogP contribution is -1.95. The van der Waals surface area contributed by atoms with Crippen LogP contribution in [0.4, 0.5) is 0 Å². The predicted octanol–water partition coefficient (Wildman–Crippen LogP) is 4.33. The number of hydrogen-bond donors (Lipinski definition) is 0. The molecule has 0 atom stereocenters. The summed E-state index contributed by atoms with van der Waals surface area (Å²) in [5, 5.41) is 1.10. The normalized spacial score (nSPS) is 10.9. The zero-order valence-corrected chi connectivity index (χ0v) is 13.5. The second-order valence-corrected chi connectivity index (χ2v) is 6.46. The van der Waals surface area contributed by atoms with E-state index in [9.17, 15) is 0 Å². The zero-order valence-electron chi connectivity index (χ0n) is 12.7. The molecule has 2 rings (SSSR count). The first-order valence-corrected chi connectivity index (χ1v) is 7.55. The van der Waals surface area contributed by atoms with Crippen molar-refractivity contribution in [1.29, 1.82) is 0 Å². The van der Waals surface area contributed by atoms with E-state index in [0.29, 0.717) is 5.92 Å². The topological polar surface area (TPSA) is 31.4 Å². The molecule has 1 aromatic carbocycles. The molecule has 0 fully saturated rings. The largest absolute Gasteiger partial charge is 0.493 e. The first-order chi connectivity index (χ1) is 9.55. The molecule has 0 saturated carbocycles. The zero-order chi connectivity index (χ0) is 14.7. The fourth-order valence-corrected chi connectivity index (χ4v) is 3.36. The van der Waals surface area contributed by atoms with Gasteiger partial charge in [0.25, 0.3) is 0 Å². The van der Waals surface area contributed by atoms with Crippen LogP contribution in [0.5, 0.6) is 11.5 Å². The van der Waals surface area contributed by atoms with Gasteiger partial charge in [-0.2, -0.15) is 0 Å². The summed E-state index contributed by atoms with van der Waals surface area (Å²) in [6.07, 6.45) is 1.05. The van der Waals surface area contributed by atoms with Crippen LogP contribution in [-0.4, -0.2) is 19.2 Å². The fourth-order valence-electron chi connectivity index (χ4n) is 2.19. The van der Waals surface area contributed by atoms with Crippen molar-refractivity contribution in [2.75, 3.05) is 14.2 Å². The molecular weight excluding hydrogens is 270 g/mol. The van der Waals surface area contributed by atoms with Crippen LogP contribution < -0.4 is 9.47 Å². The summed E-state index contributed by atoms with van der Waals surface area (Å²) in [6, 6.07) is 5.97. The first-order valence-electron chi connectivity index (χ1n) is 6.73. The molecule has 0 spiro atoms. The minimum atomic E-state index is 0.619. The Morgan fingerprint density at radius 3 is 2.45 bits per heavy atom. The van der Waals surface area contributed by atoms with E-state index in [2.05, 4.69) is 25.8 Å². The Hall–Kier alpha value is -1.55. The van der Waals surface area contributed by atoms with Crippen LogP contribution in [0.3, 0.4) is 0 Å². The highest BCUT2D eigenvalue weighted by atomic mass is 32.1. The average Bonchev–Trinajstić information content (AvgIpc) is 2.77. The Labute approximate surface area is 124 Å². The SMILES string of the molecule is COc1ccc(-c2nc(C)sc2CC(C)C)cc1OC. The fraction of sp³-hybridized carbons (Fsp3) is 0.438. The molecule has 0 aliphatic rings. The average molecular weight is 291 g/mol. The van der Waals surface area contributed by atoms with Crippen molar-refractivity contribution in [2.45, 2.75) is 27.2 Å². The Balaban J connectivity index is 2.45. The van der Waals surface area contributed by atoms with Crippen molar-refractivity contribution in [3.63, 3.8) is 0 Å². The van der Waals surface area contributed by atoms with Crippen molar-refractivity contribution in [2.24, 2.45) is 5.92 Å². The number of methoxy groups -OCH3 is 2. The maximum absolute atomic E-state index is 5.38. The van der Waals surface area contributed by atoms with Gasteiger partial charge in [-0.15, -0.1) is 11.3 Å². The van der Waals surface area contributed by atoms with Gasteiger partial charge >= 0.3 is 0 Å². The van der Waals surface area contributed by atoms with Crippen molar-refractivity contribution >= 4 is 11.3 Å². The molecule has 0 amide bonds. The van der Waals surface area contributed by atoms with Gasteiger partial charge in [-0.1, -0.05) is 13.8 Å². The summed E-state index contributed by atoms with van der Waals surface area (Å²) in [6.45, 7) is 6.51. The highest BCUT2D eigenvalue weighted by Gasteiger charge is 2.14. The molecule has 0 unspecified atom stereocenters. The van der Waals surface area contributed by atoms with E-state index in [0.717, 1.165) is 34.2 Å².